The number of anilines is 1. The molecule has 1 aromatic carbocycles. The molecule has 0 aromatic heterocycles. The zero-order valence-electron chi connectivity index (χ0n) is 11.9. The van der Waals surface area contributed by atoms with Crippen molar-refractivity contribution in [3.63, 3.8) is 0 Å². The van der Waals surface area contributed by atoms with Gasteiger partial charge >= 0.3 is 5.97 Å². The minimum atomic E-state index is -0.277. The Labute approximate surface area is 109 Å². The third-order valence-corrected chi connectivity index (χ3v) is 3.00. The van der Waals surface area contributed by atoms with Crippen LogP contribution in [0.3, 0.4) is 0 Å². The molecule has 0 spiro atoms. The summed E-state index contributed by atoms with van der Waals surface area (Å²) < 4.78 is 5.06. The summed E-state index contributed by atoms with van der Waals surface area (Å²) in [5.41, 5.74) is 9.61. The van der Waals surface area contributed by atoms with Gasteiger partial charge in [0.1, 0.15) is 0 Å². The fourth-order valence-electron chi connectivity index (χ4n) is 1.99. The predicted molar refractivity (Wildman–Crippen MR) is 75.0 cm³/mol. The van der Waals surface area contributed by atoms with Gasteiger partial charge in [-0.05, 0) is 42.0 Å². The van der Waals surface area contributed by atoms with Crippen molar-refractivity contribution in [1.29, 1.82) is 0 Å². The Balaban J connectivity index is 3.33. The molecule has 100 valence electrons. The van der Waals surface area contributed by atoms with Crippen molar-refractivity contribution in [2.45, 2.75) is 46.5 Å². The van der Waals surface area contributed by atoms with Crippen LogP contribution in [0.25, 0.3) is 0 Å². The van der Waals surface area contributed by atoms with Crippen molar-refractivity contribution >= 4 is 11.7 Å². The zero-order chi connectivity index (χ0) is 13.9. The standard InChI is InChI=1S/C15H23NO2/c1-6-18-15(17)11-7-12(9(2)3)14(16)13(8-11)10(4)5/h7-10H,6,16H2,1-5H3. The summed E-state index contributed by atoms with van der Waals surface area (Å²) in [4.78, 5) is 11.8. The van der Waals surface area contributed by atoms with E-state index >= 15 is 0 Å². The van der Waals surface area contributed by atoms with Gasteiger partial charge in [0, 0.05) is 5.69 Å². The zero-order valence-corrected chi connectivity index (χ0v) is 11.9. The molecule has 3 heteroatoms. The summed E-state index contributed by atoms with van der Waals surface area (Å²) in [6.45, 7) is 10.5. The predicted octanol–water partition coefficient (Wildman–Crippen LogP) is 3.69. The molecule has 18 heavy (non-hydrogen) atoms. The second-order valence-electron chi connectivity index (χ2n) is 5.10. The summed E-state index contributed by atoms with van der Waals surface area (Å²) in [6.07, 6.45) is 0. The van der Waals surface area contributed by atoms with Gasteiger partial charge in [0.05, 0.1) is 12.2 Å². The molecule has 1 aromatic rings. The molecule has 2 N–H and O–H groups in total. The van der Waals surface area contributed by atoms with Gasteiger partial charge in [-0.25, -0.2) is 4.79 Å². The third kappa shape index (κ3) is 3.03. The number of nitrogen functional groups attached to an aromatic ring is 1. The second-order valence-corrected chi connectivity index (χ2v) is 5.10. The number of carbonyl (C=O) groups is 1. The summed E-state index contributed by atoms with van der Waals surface area (Å²) >= 11 is 0. The van der Waals surface area contributed by atoms with E-state index in [2.05, 4.69) is 27.7 Å². The topological polar surface area (TPSA) is 52.3 Å². The van der Waals surface area contributed by atoms with Crippen LogP contribution in [-0.2, 0) is 4.74 Å². The molecule has 0 aliphatic carbocycles. The largest absolute Gasteiger partial charge is 0.462 e. The SMILES string of the molecule is CCOC(=O)c1cc(C(C)C)c(N)c(C(C)C)c1. The maximum Gasteiger partial charge on any atom is 0.338 e. The Hall–Kier alpha value is -1.51. The van der Waals surface area contributed by atoms with E-state index < -0.39 is 0 Å². The molecule has 0 radical (unpaired) electrons. The van der Waals surface area contributed by atoms with Crippen LogP contribution < -0.4 is 5.73 Å². The molecule has 0 fully saturated rings. The average Bonchev–Trinajstić information content (AvgIpc) is 2.28. The molecular formula is C15H23NO2. The van der Waals surface area contributed by atoms with Gasteiger partial charge < -0.3 is 10.5 Å². The van der Waals surface area contributed by atoms with E-state index in [1.807, 2.05) is 19.1 Å². The normalized spacial score (nSPS) is 11.1. The molecule has 0 aliphatic rings. The van der Waals surface area contributed by atoms with E-state index in [0.29, 0.717) is 12.2 Å². The number of esters is 1. The Kier molecular flexibility index (Phi) is 4.76. The number of hydrogen-bond donors (Lipinski definition) is 1. The van der Waals surface area contributed by atoms with Crippen LogP contribution >= 0.6 is 0 Å². The van der Waals surface area contributed by atoms with Crippen molar-refractivity contribution in [2.24, 2.45) is 0 Å². The van der Waals surface area contributed by atoms with Crippen LogP contribution in [0.2, 0.25) is 0 Å². The summed E-state index contributed by atoms with van der Waals surface area (Å²) in [5, 5.41) is 0. The summed E-state index contributed by atoms with van der Waals surface area (Å²) in [7, 11) is 0. The van der Waals surface area contributed by atoms with Crippen molar-refractivity contribution < 1.29 is 9.53 Å². The molecule has 0 atom stereocenters. The minimum Gasteiger partial charge on any atom is -0.462 e. The first-order valence-corrected chi connectivity index (χ1v) is 6.48. The summed E-state index contributed by atoms with van der Waals surface area (Å²) in [6, 6.07) is 3.70. The Morgan fingerprint density at radius 3 is 1.94 bits per heavy atom. The van der Waals surface area contributed by atoms with E-state index in [4.69, 9.17) is 10.5 Å². The lowest BCUT2D eigenvalue weighted by Gasteiger charge is -2.18. The monoisotopic (exact) mass is 249 g/mol. The highest BCUT2D eigenvalue weighted by Gasteiger charge is 2.17. The van der Waals surface area contributed by atoms with Crippen molar-refractivity contribution in [1.82, 2.24) is 0 Å². The molecule has 0 saturated carbocycles. The quantitative estimate of drug-likeness (QED) is 0.654. The van der Waals surface area contributed by atoms with Gasteiger partial charge in [0.25, 0.3) is 0 Å². The van der Waals surface area contributed by atoms with E-state index in [1.54, 1.807) is 0 Å². The molecule has 0 unspecified atom stereocenters. The van der Waals surface area contributed by atoms with Gasteiger partial charge in [-0.3, -0.25) is 0 Å². The molecule has 0 heterocycles. The Morgan fingerprint density at radius 2 is 1.61 bits per heavy atom. The second kappa shape index (κ2) is 5.89. The highest BCUT2D eigenvalue weighted by atomic mass is 16.5. The van der Waals surface area contributed by atoms with Crippen molar-refractivity contribution in [2.75, 3.05) is 12.3 Å². The van der Waals surface area contributed by atoms with E-state index in [-0.39, 0.29) is 17.8 Å². The Bertz CT molecular complexity index is 407. The highest BCUT2D eigenvalue weighted by Crippen LogP contribution is 2.31. The molecule has 1 rings (SSSR count). The van der Waals surface area contributed by atoms with Crippen LogP contribution in [0, 0.1) is 0 Å². The molecule has 0 saturated heterocycles. The van der Waals surface area contributed by atoms with E-state index in [9.17, 15) is 4.79 Å². The number of benzene rings is 1. The molecule has 0 amide bonds. The molecule has 0 bridgehead atoms. The first kappa shape index (κ1) is 14.6. The van der Waals surface area contributed by atoms with Crippen LogP contribution in [0.1, 0.15) is 67.9 Å². The number of carbonyl (C=O) groups excluding carboxylic acids is 1. The van der Waals surface area contributed by atoms with Crippen molar-refractivity contribution in [3.05, 3.63) is 28.8 Å². The average molecular weight is 249 g/mol. The minimum absolute atomic E-state index is 0.277. The maximum absolute atomic E-state index is 11.8. The van der Waals surface area contributed by atoms with Gasteiger partial charge in [-0.2, -0.15) is 0 Å². The third-order valence-electron chi connectivity index (χ3n) is 3.00. The fraction of sp³-hybridized carbons (Fsp3) is 0.533. The van der Waals surface area contributed by atoms with Gasteiger partial charge in [-0.1, -0.05) is 27.7 Å². The van der Waals surface area contributed by atoms with E-state index in [0.717, 1.165) is 16.8 Å². The van der Waals surface area contributed by atoms with Gasteiger partial charge in [0.15, 0.2) is 0 Å². The lowest BCUT2D eigenvalue weighted by atomic mass is 9.90. The maximum atomic E-state index is 11.8. The highest BCUT2D eigenvalue weighted by molar-refractivity contribution is 5.91. The van der Waals surface area contributed by atoms with Crippen LogP contribution in [0.15, 0.2) is 12.1 Å². The number of rotatable bonds is 4. The van der Waals surface area contributed by atoms with Crippen molar-refractivity contribution in [3.8, 4) is 0 Å². The molecular weight excluding hydrogens is 226 g/mol. The lowest BCUT2D eigenvalue weighted by Crippen LogP contribution is -2.10. The fourth-order valence-corrected chi connectivity index (χ4v) is 1.99. The van der Waals surface area contributed by atoms with Crippen LogP contribution in [0.5, 0.6) is 0 Å². The van der Waals surface area contributed by atoms with Gasteiger partial charge in [0.2, 0.25) is 0 Å². The van der Waals surface area contributed by atoms with Crippen LogP contribution in [0.4, 0.5) is 5.69 Å². The molecule has 3 nitrogen and oxygen atoms in total. The first-order chi connectivity index (χ1) is 8.38. The van der Waals surface area contributed by atoms with Crippen LogP contribution in [-0.4, -0.2) is 12.6 Å². The molecule has 0 aliphatic heterocycles. The lowest BCUT2D eigenvalue weighted by molar-refractivity contribution is 0.0526. The Morgan fingerprint density at radius 1 is 1.17 bits per heavy atom. The first-order valence-electron chi connectivity index (χ1n) is 6.48. The van der Waals surface area contributed by atoms with Gasteiger partial charge in [-0.15, -0.1) is 0 Å². The number of nitrogens with two attached hydrogens (primary N) is 1. The smallest absolute Gasteiger partial charge is 0.338 e. The number of hydrogen-bond acceptors (Lipinski definition) is 3. The van der Waals surface area contributed by atoms with E-state index in [1.165, 1.54) is 0 Å². The summed E-state index contributed by atoms with van der Waals surface area (Å²) in [5.74, 6) is 0.301. The number of ether oxygens (including phenoxy) is 1.